The monoisotopic (exact) mass is 372 g/mol. The molecule has 2 N–H and O–H groups in total. The Kier molecular flexibility index (Phi) is 5.00. The Morgan fingerprint density at radius 3 is 2.74 bits per heavy atom. The molecule has 4 nitrogen and oxygen atoms in total. The van der Waals surface area contributed by atoms with E-state index in [1.54, 1.807) is 0 Å². The lowest BCUT2D eigenvalue weighted by molar-refractivity contribution is -0.0975. The first-order valence-corrected chi connectivity index (χ1v) is 10.8. The molecule has 0 bridgehead atoms. The third kappa shape index (κ3) is 3.09. The number of allylic oxidation sites excluding steroid dienone is 1. The average molecular weight is 373 g/mol. The second-order valence-electron chi connectivity index (χ2n) is 10.0. The van der Waals surface area contributed by atoms with Crippen molar-refractivity contribution in [1.29, 1.82) is 0 Å². The highest BCUT2D eigenvalue weighted by atomic mass is 16.3. The van der Waals surface area contributed by atoms with Gasteiger partial charge in [-0.1, -0.05) is 26.0 Å². The molecule has 0 aliphatic heterocycles. The highest BCUT2D eigenvalue weighted by Gasteiger charge is 2.56. The topological polar surface area (TPSA) is 58.3 Å². The van der Waals surface area contributed by atoms with Gasteiger partial charge in [-0.2, -0.15) is 0 Å². The van der Waals surface area contributed by atoms with Crippen LogP contribution in [0.25, 0.3) is 0 Å². The van der Waals surface area contributed by atoms with Crippen molar-refractivity contribution in [1.82, 2.24) is 9.55 Å². The van der Waals surface area contributed by atoms with Gasteiger partial charge in [0.1, 0.15) is 0 Å². The summed E-state index contributed by atoms with van der Waals surface area (Å²) in [7, 11) is 0. The maximum Gasteiger partial charge on any atom is 0.0946 e. The van der Waals surface area contributed by atoms with Gasteiger partial charge in [-0.3, -0.25) is 0 Å². The number of imidazole rings is 1. The Labute approximate surface area is 163 Å². The molecular weight excluding hydrogens is 336 g/mol. The largest absolute Gasteiger partial charge is 0.396 e. The van der Waals surface area contributed by atoms with E-state index in [0.717, 1.165) is 32.2 Å². The molecule has 0 radical (unpaired) electrons. The van der Waals surface area contributed by atoms with Gasteiger partial charge >= 0.3 is 0 Å². The molecule has 1 aromatic heterocycles. The fourth-order valence-corrected chi connectivity index (χ4v) is 7.07. The van der Waals surface area contributed by atoms with Crippen LogP contribution < -0.4 is 0 Å². The number of hydrogen-bond acceptors (Lipinski definition) is 3. The molecule has 0 amide bonds. The molecule has 4 heteroatoms. The molecule has 4 rings (SSSR count). The summed E-state index contributed by atoms with van der Waals surface area (Å²) in [6.45, 7) is 10.5. The van der Waals surface area contributed by atoms with Crippen LogP contribution in [0.15, 0.2) is 30.9 Å². The second-order valence-corrected chi connectivity index (χ2v) is 10.0. The number of hydrogen-bond donors (Lipinski definition) is 2. The van der Waals surface area contributed by atoms with Crippen LogP contribution in [0.1, 0.15) is 58.8 Å². The van der Waals surface area contributed by atoms with Crippen LogP contribution in [-0.4, -0.2) is 32.5 Å². The summed E-state index contributed by atoms with van der Waals surface area (Å²) >= 11 is 0. The Morgan fingerprint density at radius 1 is 1.22 bits per heavy atom. The zero-order valence-electron chi connectivity index (χ0n) is 17.0. The van der Waals surface area contributed by atoms with Crippen LogP contribution in [0.2, 0.25) is 0 Å². The lowest BCUT2D eigenvalue weighted by atomic mass is 9.49. The van der Waals surface area contributed by atoms with Gasteiger partial charge in [0.15, 0.2) is 0 Å². The van der Waals surface area contributed by atoms with E-state index < -0.39 is 0 Å². The fraction of sp³-hybridized carbons (Fsp3) is 0.783. The van der Waals surface area contributed by atoms with Crippen LogP contribution >= 0.6 is 0 Å². The number of fused-ring (bicyclic) bond motifs is 1. The first kappa shape index (κ1) is 19.2. The van der Waals surface area contributed by atoms with E-state index in [1.165, 1.54) is 24.8 Å². The number of nitrogens with zero attached hydrogens (tertiary/aromatic N) is 2. The van der Waals surface area contributed by atoms with Crippen LogP contribution in [-0.2, 0) is 6.54 Å². The standard InChI is InChI=1S/C23H36N2O2/c1-16-4-5-20-19(13-25-11-10-24-15-25)21(7-9-22(16,20)2)23(3)8-6-18(27)12-17(23)14-26/h10-11,15,17-21,26-27H,1,4-9,12-14H2,2-3H3/t17-,18+,19+,20?,21?,22-,23+/m1/s1. The molecule has 0 aromatic carbocycles. The summed E-state index contributed by atoms with van der Waals surface area (Å²) in [6, 6.07) is 0. The first-order chi connectivity index (χ1) is 12.9. The van der Waals surface area contributed by atoms with Crippen molar-refractivity contribution in [3.8, 4) is 0 Å². The number of aliphatic hydroxyl groups excluding tert-OH is 2. The van der Waals surface area contributed by atoms with E-state index in [9.17, 15) is 10.2 Å². The van der Waals surface area contributed by atoms with E-state index >= 15 is 0 Å². The van der Waals surface area contributed by atoms with Gasteiger partial charge in [-0.15, -0.1) is 0 Å². The van der Waals surface area contributed by atoms with Crippen molar-refractivity contribution < 1.29 is 10.2 Å². The lowest BCUT2D eigenvalue weighted by Crippen LogP contribution is -2.52. The van der Waals surface area contributed by atoms with Gasteiger partial charge in [-0.25, -0.2) is 4.98 Å². The van der Waals surface area contributed by atoms with Gasteiger partial charge < -0.3 is 14.8 Å². The van der Waals surface area contributed by atoms with Crippen molar-refractivity contribution in [3.05, 3.63) is 30.9 Å². The molecule has 150 valence electrons. The molecule has 2 unspecified atom stereocenters. The predicted molar refractivity (Wildman–Crippen MR) is 107 cm³/mol. The number of aromatic nitrogens is 2. The number of rotatable bonds is 4. The van der Waals surface area contributed by atoms with Crippen molar-refractivity contribution in [2.45, 2.75) is 71.4 Å². The first-order valence-electron chi connectivity index (χ1n) is 10.8. The Hall–Kier alpha value is -1.13. The third-order valence-electron chi connectivity index (χ3n) is 8.95. The van der Waals surface area contributed by atoms with Gasteiger partial charge in [0, 0.05) is 25.5 Å². The van der Waals surface area contributed by atoms with Crippen molar-refractivity contribution in [2.75, 3.05) is 6.61 Å². The van der Waals surface area contributed by atoms with E-state index in [2.05, 4.69) is 36.2 Å². The predicted octanol–water partition coefficient (Wildman–Crippen LogP) is 4.04. The molecule has 1 aromatic rings. The zero-order chi connectivity index (χ0) is 19.2. The SMILES string of the molecule is C=C1CCC2[C@H](Cn3ccnc3)C([C@@]3(C)CC[C@H](O)C[C@@H]3CO)CC[C@]12C. The molecule has 0 spiro atoms. The highest BCUT2D eigenvalue weighted by Crippen LogP contribution is 2.63. The summed E-state index contributed by atoms with van der Waals surface area (Å²) in [5, 5.41) is 20.4. The van der Waals surface area contributed by atoms with Gasteiger partial charge in [0.05, 0.1) is 12.4 Å². The van der Waals surface area contributed by atoms with E-state index in [1.807, 2.05) is 12.5 Å². The molecule has 3 fully saturated rings. The Bertz CT molecular complexity index is 672. The molecule has 1 heterocycles. The van der Waals surface area contributed by atoms with Gasteiger partial charge in [0.2, 0.25) is 0 Å². The molecular formula is C23H36N2O2. The lowest BCUT2D eigenvalue weighted by Gasteiger charge is -2.56. The summed E-state index contributed by atoms with van der Waals surface area (Å²) in [5.74, 6) is 2.01. The summed E-state index contributed by atoms with van der Waals surface area (Å²) < 4.78 is 2.25. The zero-order valence-corrected chi connectivity index (χ0v) is 17.0. The van der Waals surface area contributed by atoms with Crippen LogP contribution in [0.4, 0.5) is 0 Å². The van der Waals surface area contributed by atoms with Crippen LogP contribution in [0.3, 0.4) is 0 Å². The van der Waals surface area contributed by atoms with Gasteiger partial charge in [0.25, 0.3) is 0 Å². The van der Waals surface area contributed by atoms with E-state index in [-0.39, 0.29) is 29.5 Å². The molecule has 3 aliphatic rings. The second kappa shape index (κ2) is 7.04. The normalized spacial score (nSPS) is 45.0. The Balaban J connectivity index is 1.68. The minimum Gasteiger partial charge on any atom is -0.396 e. The van der Waals surface area contributed by atoms with Crippen LogP contribution in [0, 0.1) is 34.5 Å². The van der Waals surface area contributed by atoms with Crippen molar-refractivity contribution in [2.24, 2.45) is 34.5 Å². The molecule has 3 aliphatic carbocycles. The maximum absolute atomic E-state index is 10.2. The third-order valence-corrected chi connectivity index (χ3v) is 8.95. The minimum atomic E-state index is -0.248. The highest BCUT2D eigenvalue weighted by molar-refractivity contribution is 5.20. The van der Waals surface area contributed by atoms with Crippen molar-refractivity contribution in [3.63, 3.8) is 0 Å². The molecule has 0 saturated heterocycles. The average Bonchev–Trinajstić information content (AvgIpc) is 3.26. The minimum absolute atomic E-state index is 0.102. The molecule has 7 atom stereocenters. The summed E-state index contributed by atoms with van der Waals surface area (Å²) in [6.07, 6.45) is 13.1. The quantitative estimate of drug-likeness (QED) is 0.784. The summed E-state index contributed by atoms with van der Waals surface area (Å²) in [4.78, 5) is 4.27. The van der Waals surface area contributed by atoms with E-state index in [0.29, 0.717) is 17.8 Å². The molecule has 27 heavy (non-hydrogen) atoms. The summed E-state index contributed by atoms with van der Waals surface area (Å²) in [5.41, 5.74) is 1.82. The van der Waals surface area contributed by atoms with Crippen LogP contribution in [0.5, 0.6) is 0 Å². The van der Waals surface area contributed by atoms with Crippen molar-refractivity contribution >= 4 is 0 Å². The smallest absolute Gasteiger partial charge is 0.0946 e. The van der Waals surface area contributed by atoms with Gasteiger partial charge in [-0.05, 0) is 79.4 Å². The Morgan fingerprint density at radius 2 is 2.04 bits per heavy atom. The van der Waals surface area contributed by atoms with E-state index in [4.69, 9.17) is 0 Å². The fourth-order valence-electron chi connectivity index (χ4n) is 7.07. The molecule has 3 saturated carbocycles. The maximum atomic E-state index is 10.2. The number of aliphatic hydroxyl groups is 2.